The van der Waals surface area contributed by atoms with Gasteiger partial charge in [-0.05, 0) is 31.0 Å². The van der Waals surface area contributed by atoms with Crippen molar-refractivity contribution in [1.29, 1.82) is 0 Å². The highest BCUT2D eigenvalue weighted by molar-refractivity contribution is 7.11. The van der Waals surface area contributed by atoms with E-state index in [-0.39, 0.29) is 11.8 Å². The normalized spacial score (nSPS) is 13.2. The van der Waals surface area contributed by atoms with E-state index >= 15 is 0 Å². The van der Waals surface area contributed by atoms with E-state index in [4.69, 9.17) is 5.73 Å². The maximum Gasteiger partial charge on any atom is 0.573 e. The van der Waals surface area contributed by atoms with Gasteiger partial charge in [-0.25, -0.2) is 4.98 Å². The maximum absolute atomic E-state index is 12.0. The van der Waals surface area contributed by atoms with Crippen LogP contribution in [0.25, 0.3) is 0 Å². The van der Waals surface area contributed by atoms with Crippen LogP contribution in [0.15, 0.2) is 30.5 Å². The van der Waals surface area contributed by atoms with Gasteiger partial charge < -0.3 is 10.5 Å². The summed E-state index contributed by atoms with van der Waals surface area (Å²) in [5.41, 5.74) is 6.88. The largest absolute Gasteiger partial charge is 0.573 e. The second kappa shape index (κ2) is 5.80. The lowest BCUT2D eigenvalue weighted by atomic mass is 10.1. The van der Waals surface area contributed by atoms with E-state index in [1.165, 1.54) is 23.5 Å². The zero-order valence-corrected chi connectivity index (χ0v) is 11.5. The first-order chi connectivity index (χ1) is 9.33. The van der Waals surface area contributed by atoms with Crippen molar-refractivity contribution >= 4 is 11.3 Å². The number of hydrogen-bond donors (Lipinski definition) is 1. The molecule has 0 aliphatic carbocycles. The zero-order valence-electron chi connectivity index (χ0n) is 10.6. The first-order valence-electron chi connectivity index (χ1n) is 5.86. The molecule has 0 fully saturated rings. The summed E-state index contributed by atoms with van der Waals surface area (Å²) in [7, 11) is 0. The third-order valence-corrected chi connectivity index (χ3v) is 3.66. The van der Waals surface area contributed by atoms with E-state index in [1.807, 2.05) is 6.92 Å². The third-order valence-electron chi connectivity index (χ3n) is 2.62. The molecule has 0 bridgehead atoms. The number of ether oxygens (including phenoxy) is 1. The molecule has 0 saturated heterocycles. The average molecular weight is 302 g/mol. The minimum Gasteiger partial charge on any atom is -0.406 e. The van der Waals surface area contributed by atoms with Gasteiger partial charge in [0.25, 0.3) is 0 Å². The smallest absolute Gasteiger partial charge is 0.406 e. The van der Waals surface area contributed by atoms with E-state index in [0.717, 1.165) is 15.4 Å². The van der Waals surface area contributed by atoms with Crippen LogP contribution in [0.4, 0.5) is 13.2 Å². The van der Waals surface area contributed by atoms with Crippen LogP contribution in [0.3, 0.4) is 0 Å². The SMILES string of the molecule is Cc1ncc(C(N)Cc2ccc(OC(F)(F)F)cc2)s1. The Hall–Kier alpha value is -1.60. The molecular formula is C13H13F3N2OS. The third kappa shape index (κ3) is 4.21. The number of aryl methyl sites for hydroxylation is 1. The lowest BCUT2D eigenvalue weighted by molar-refractivity contribution is -0.274. The summed E-state index contributed by atoms with van der Waals surface area (Å²) in [6, 6.07) is 5.51. The lowest BCUT2D eigenvalue weighted by Crippen LogP contribution is -2.17. The Kier molecular flexibility index (Phi) is 4.29. The predicted molar refractivity (Wildman–Crippen MR) is 70.6 cm³/mol. The van der Waals surface area contributed by atoms with Crippen LogP contribution < -0.4 is 10.5 Å². The lowest BCUT2D eigenvalue weighted by Gasteiger charge is -2.11. The second-order valence-corrected chi connectivity index (χ2v) is 5.55. The molecule has 0 spiro atoms. The fraction of sp³-hybridized carbons (Fsp3) is 0.308. The van der Waals surface area contributed by atoms with Gasteiger partial charge in [0.2, 0.25) is 0 Å². The van der Waals surface area contributed by atoms with Crippen LogP contribution in [-0.2, 0) is 6.42 Å². The molecule has 1 unspecified atom stereocenters. The van der Waals surface area contributed by atoms with Gasteiger partial charge in [0.15, 0.2) is 0 Å². The Morgan fingerprint density at radius 2 is 1.95 bits per heavy atom. The number of halogens is 3. The Labute approximate surface area is 118 Å². The van der Waals surface area contributed by atoms with Crippen molar-refractivity contribution in [2.24, 2.45) is 5.73 Å². The molecule has 2 N–H and O–H groups in total. The Bertz CT molecular complexity index is 566. The number of hydrogen-bond acceptors (Lipinski definition) is 4. The minimum absolute atomic E-state index is 0.212. The topological polar surface area (TPSA) is 48.1 Å². The second-order valence-electron chi connectivity index (χ2n) is 4.28. The van der Waals surface area contributed by atoms with E-state index in [0.29, 0.717) is 6.42 Å². The standard InChI is InChI=1S/C13H13F3N2OS/c1-8-18-7-12(20-8)11(17)6-9-2-4-10(5-3-9)19-13(14,15)16/h2-5,7,11H,6,17H2,1H3. The van der Waals surface area contributed by atoms with Crippen molar-refractivity contribution in [1.82, 2.24) is 4.98 Å². The quantitative estimate of drug-likeness (QED) is 0.939. The van der Waals surface area contributed by atoms with Gasteiger partial charge >= 0.3 is 6.36 Å². The molecule has 2 rings (SSSR count). The molecule has 3 nitrogen and oxygen atoms in total. The van der Waals surface area contributed by atoms with Crippen molar-refractivity contribution in [3.63, 3.8) is 0 Å². The van der Waals surface area contributed by atoms with Crippen LogP contribution in [0.1, 0.15) is 21.5 Å². The fourth-order valence-corrected chi connectivity index (χ4v) is 2.52. The molecule has 1 atom stereocenters. The number of alkyl halides is 3. The van der Waals surface area contributed by atoms with Gasteiger partial charge in [-0.15, -0.1) is 24.5 Å². The summed E-state index contributed by atoms with van der Waals surface area (Å²) in [4.78, 5) is 5.08. The fourth-order valence-electron chi connectivity index (χ4n) is 1.73. The molecule has 0 aliphatic rings. The summed E-state index contributed by atoms with van der Waals surface area (Å²) >= 11 is 1.52. The minimum atomic E-state index is -4.67. The van der Waals surface area contributed by atoms with Crippen molar-refractivity contribution in [2.75, 3.05) is 0 Å². The number of rotatable bonds is 4. The molecule has 20 heavy (non-hydrogen) atoms. The molecule has 1 aromatic heterocycles. The zero-order chi connectivity index (χ0) is 14.8. The van der Waals surface area contributed by atoms with Crippen LogP contribution >= 0.6 is 11.3 Å². The highest BCUT2D eigenvalue weighted by Gasteiger charge is 2.30. The number of thiazole rings is 1. The van der Waals surface area contributed by atoms with E-state index in [1.54, 1.807) is 18.3 Å². The molecule has 2 aromatic rings. The van der Waals surface area contributed by atoms with Crippen molar-refractivity contribution in [3.8, 4) is 5.75 Å². The van der Waals surface area contributed by atoms with E-state index < -0.39 is 6.36 Å². The van der Waals surface area contributed by atoms with Gasteiger partial charge in [0.1, 0.15) is 5.75 Å². The van der Waals surface area contributed by atoms with Gasteiger partial charge in [-0.2, -0.15) is 0 Å². The number of nitrogens with two attached hydrogens (primary N) is 1. The highest BCUT2D eigenvalue weighted by atomic mass is 32.1. The Morgan fingerprint density at radius 3 is 2.45 bits per heavy atom. The molecule has 0 aliphatic heterocycles. The van der Waals surface area contributed by atoms with Crippen LogP contribution in [0.5, 0.6) is 5.75 Å². The van der Waals surface area contributed by atoms with Gasteiger partial charge in [-0.3, -0.25) is 0 Å². The van der Waals surface area contributed by atoms with Crippen LogP contribution in [-0.4, -0.2) is 11.3 Å². The van der Waals surface area contributed by atoms with Crippen molar-refractivity contribution in [2.45, 2.75) is 25.7 Å². The molecule has 0 saturated carbocycles. The van der Waals surface area contributed by atoms with Crippen LogP contribution in [0, 0.1) is 6.92 Å². The number of nitrogens with zero attached hydrogens (tertiary/aromatic N) is 1. The summed E-state index contributed by atoms with van der Waals surface area (Å²) < 4.78 is 39.9. The summed E-state index contributed by atoms with van der Waals surface area (Å²) in [5, 5.41) is 0.935. The summed E-state index contributed by atoms with van der Waals surface area (Å²) in [5.74, 6) is -0.233. The Morgan fingerprint density at radius 1 is 1.30 bits per heavy atom. The number of aromatic nitrogens is 1. The van der Waals surface area contributed by atoms with Crippen molar-refractivity contribution < 1.29 is 17.9 Å². The molecular weight excluding hydrogens is 289 g/mol. The van der Waals surface area contributed by atoms with Crippen molar-refractivity contribution in [3.05, 3.63) is 45.9 Å². The van der Waals surface area contributed by atoms with Crippen LogP contribution in [0.2, 0.25) is 0 Å². The molecule has 1 aromatic carbocycles. The van der Waals surface area contributed by atoms with Gasteiger partial charge in [-0.1, -0.05) is 12.1 Å². The maximum atomic E-state index is 12.0. The first-order valence-corrected chi connectivity index (χ1v) is 6.68. The molecule has 0 radical (unpaired) electrons. The number of benzene rings is 1. The first kappa shape index (κ1) is 14.8. The molecule has 108 valence electrons. The monoisotopic (exact) mass is 302 g/mol. The van der Waals surface area contributed by atoms with E-state index in [2.05, 4.69) is 9.72 Å². The molecule has 0 amide bonds. The molecule has 7 heteroatoms. The predicted octanol–water partition coefficient (Wildman–Crippen LogP) is 3.59. The Balaban J connectivity index is 2.00. The summed E-state index contributed by atoms with van der Waals surface area (Å²) in [6.45, 7) is 1.89. The molecule has 1 heterocycles. The van der Waals surface area contributed by atoms with Gasteiger partial charge in [0, 0.05) is 17.1 Å². The highest BCUT2D eigenvalue weighted by Crippen LogP contribution is 2.25. The summed E-state index contributed by atoms with van der Waals surface area (Å²) in [6.07, 6.45) is -2.40. The van der Waals surface area contributed by atoms with Gasteiger partial charge in [0.05, 0.1) is 5.01 Å². The average Bonchev–Trinajstić information content (AvgIpc) is 2.77. The van der Waals surface area contributed by atoms with E-state index in [9.17, 15) is 13.2 Å².